The Hall–Kier alpha value is -2.34. The van der Waals surface area contributed by atoms with Crippen LogP contribution < -0.4 is 0 Å². The van der Waals surface area contributed by atoms with Crippen LogP contribution in [-0.2, 0) is 33.1 Å². The fraction of sp³-hybridized carbons (Fsp3) is 0.462. The Morgan fingerprint density at radius 3 is 2.42 bits per heavy atom. The van der Waals surface area contributed by atoms with Gasteiger partial charge in [-0.25, -0.2) is 4.79 Å². The molecule has 5 heteroatoms. The Labute approximate surface area is 184 Å². The average Bonchev–Trinajstić information content (AvgIpc) is 3.03. The fourth-order valence-corrected chi connectivity index (χ4v) is 5.39. The third kappa shape index (κ3) is 3.36. The maximum Gasteiger partial charge on any atom is 0.418 e. The molecule has 0 atom stereocenters. The molecule has 0 bridgehead atoms. The van der Waals surface area contributed by atoms with Gasteiger partial charge in [0.15, 0.2) is 12.3 Å². The molecule has 162 valence electrons. The number of piperidine rings is 1. The zero-order chi connectivity index (χ0) is 21.6. The van der Waals surface area contributed by atoms with E-state index in [9.17, 15) is 4.79 Å². The number of para-hydroxylation sites is 1. The van der Waals surface area contributed by atoms with Crippen LogP contribution in [0.15, 0.2) is 48.5 Å². The van der Waals surface area contributed by atoms with Gasteiger partial charge in [-0.3, -0.25) is 4.90 Å². The van der Waals surface area contributed by atoms with Crippen molar-refractivity contribution in [2.45, 2.75) is 58.0 Å². The quantitative estimate of drug-likeness (QED) is 0.686. The molecule has 2 aromatic carbocycles. The van der Waals surface area contributed by atoms with E-state index in [1.165, 1.54) is 11.1 Å². The van der Waals surface area contributed by atoms with Crippen molar-refractivity contribution >= 4 is 17.3 Å². The summed E-state index contributed by atoms with van der Waals surface area (Å²) in [7, 11) is 0. The van der Waals surface area contributed by atoms with E-state index in [1.807, 2.05) is 28.8 Å². The lowest BCUT2D eigenvalue weighted by atomic mass is 9.81. The second kappa shape index (κ2) is 7.66. The first-order valence-corrected chi connectivity index (χ1v) is 11.2. The van der Waals surface area contributed by atoms with Gasteiger partial charge in [0.25, 0.3) is 0 Å². The molecule has 1 amide bonds. The number of carbonyl (C=O) groups excluding carboxylic acids is 1. The molecular weight excluding hydrogens is 388 g/mol. The maximum absolute atomic E-state index is 13.0. The molecule has 0 aromatic heterocycles. The SMILES string of the molecule is CC(=[N+]1C(=O)COCc2ccccc21)C(C)(C)N1CCC2(CC1)OCc1ccccc12. The van der Waals surface area contributed by atoms with Crippen LogP contribution in [0.25, 0.3) is 0 Å². The molecule has 5 nitrogen and oxygen atoms in total. The number of benzene rings is 2. The molecule has 0 aliphatic carbocycles. The summed E-state index contributed by atoms with van der Waals surface area (Å²) < 4.78 is 13.9. The van der Waals surface area contributed by atoms with Gasteiger partial charge in [-0.1, -0.05) is 42.5 Å². The molecule has 5 rings (SSSR count). The number of hydrogen-bond donors (Lipinski definition) is 0. The topological polar surface area (TPSA) is 41.8 Å². The summed E-state index contributed by atoms with van der Waals surface area (Å²) in [5.41, 5.74) is 5.29. The summed E-state index contributed by atoms with van der Waals surface area (Å²) >= 11 is 0. The van der Waals surface area contributed by atoms with Crippen molar-refractivity contribution in [1.82, 2.24) is 4.90 Å². The molecule has 0 saturated carbocycles. The van der Waals surface area contributed by atoms with Crippen molar-refractivity contribution in [2.75, 3.05) is 19.7 Å². The van der Waals surface area contributed by atoms with Gasteiger partial charge >= 0.3 is 5.91 Å². The van der Waals surface area contributed by atoms with Crippen molar-refractivity contribution < 1.29 is 18.8 Å². The molecule has 1 fully saturated rings. The Morgan fingerprint density at radius 2 is 1.65 bits per heavy atom. The molecule has 3 aliphatic heterocycles. The first kappa shape index (κ1) is 20.6. The molecular formula is C26H31N2O3+. The summed E-state index contributed by atoms with van der Waals surface area (Å²) in [4.78, 5) is 15.5. The average molecular weight is 420 g/mol. The number of fused-ring (bicyclic) bond motifs is 3. The van der Waals surface area contributed by atoms with Gasteiger partial charge in [0, 0.05) is 31.6 Å². The highest BCUT2D eigenvalue weighted by atomic mass is 16.5. The standard InChI is InChI=1S/C26H31N2O3/c1-19(28-23-11-7-5-9-21(23)16-30-18-24(28)29)25(2,3)27-14-12-26(13-15-27)22-10-6-4-8-20(22)17-31-26/h4-11H,12-18H2,1-3H3/q+1. The number of likely N-dealkylation sites (tertiary alicyclic amines) is 1. The zero-order valence-electron chi connectivity index (χ0n) is 18.7. The van der Waals surface area contributed by atoms with Crippen LogP contribution >= 0.6 is 0 Å². The van der Waals surface area contributed by atoms with E-state index >= 15 is 0 Å². The minimum absolute atomic E-state index is 0.00272. The maximum atomic E-state index is 13.0. The molecule has 1 saturated heterocycles. The zero-order valence-corrected chi connectivity index (χ0v) is 18.7. The predicted molar refractivity (Wildman–Crippen MR) is 120 cm³/mol. The van der Waals surface area contributed by atoms with Crippen LogP contribution in [0.4, 0.5) is 5.69 Å². The summed E-state index contributed by atoms with van der Waals surface area (Å²) in [5.74, 6) is -0.00272. The van der Waals surface area contributed by atoms with E-state index in [4.69, 9.17) is 9.47 Å². The van der Waals surface area contributed by atoms with E-state index in [0.29, 0.717) is 13.2 Å². The highest BCUT2D eigenvalue weighted by Gasteiger charge is 2.47. The van der Waals surface area contributed by atoms with Crippen LogP contribution in [0.1, 0.15) is 50.3 Å². The van der Waals surface area contributed by atoms with Crippen LogP contribution in [-0.4, -0.2) is 46.3 Å². The molecule has 0 radical (unpaired) electrons. The summed E-state index contributed by atoms with van der Waals surface area (Å²) in [6, 6.07) is 16.7. The third-order valence-corrected chi connectivity index (χ3v) is 7.56. The van der Waals surface area contributed by atoms with E-state index in [2.05, 4.69) is 49.9 Å². The molecule has 0 unspecified atom stereocenters. The number of carbonyl (C=O) groups is 1. The highest BCUT2D eigenvalue weighted by Crippen LogP contribution is 2.45. The molecule has 1 spiro atoms. The second-order valence-corrected chi connectivity index (χ2v) is 9.42. The lowest BCUT2D eigenvalue weighted by Crippen LogP contribution is -2.56. The third-order valence-electron chi connectivity index (χ3n) is 7.56. The van der Waals surface area contributed by atoms with Gasteiger partial charge in [0.2, 0.25) is 5.69 Å². The van der Waals surface area contributed by atoms with Gasteiger partial charge in [-0.2, -0.15) is 0 Å². The van der Waals surface area contributed by atoms with Gasteiger partial charge in [-0.15, -0.1) is 4.58 Å². The van der Waals surface area contributed by atoms with Crippen LogP contribution in [0.2, 0.25) is 0 Å². The first-order chi connectivity index (χ1) is 14.9. The lowest BCUT2D eigenvalue weighted by Gasteiger charge is -2.45. The molecule has 0 N–H and O–H groups in total. The van der Waals surface area contributed by atoms with Gasteiger partial charge < -0.3 is 9.47 Å². The van der Waals surface area contributed by atoms with Crippen molar-refractivity contribution in [3.05, 3.63) is 65.2 Å². The van der Waals surface area contributed by atoms with Crippen molar-refractivity contribution in [3.8, 4) is 0 Å². The number of ether oxygens (including phenoxy) is 2. The minimum atomic E-state index is -0.271. The summed E-state index contributed by atoms with van der Waals surface area (Å²) in [6.07, 6.45) is 1.93. The first-order valence-electron chi connectivity index (χ1n) is 11.2. The second-order valence-electron chi connectivity index (χ2n) is 9.42. The van der Waals surface area contributed by atoms with Crippen LogP contribution in [0, 0.1) is 0 Å². The molecule has 2 aromatic rings. The summed E-state index contributed by atoms with van der Waals surface area (Å²) in [6.45, 7) is 9.69. The fourth-order valence-electron chi connectivity index (χ4n) is 5.39. The molecule has 3 aliphatic rings. The van der Waals surface area contributed by atoms with E-state index in [1.54, 1.807) is 0 Å². The molecule has 3 heterocycles. The van der Waals surface area contributed by atoms with Crippen molar-refractivity contribution in [2.24, 2.45) is 0 Å². The number of hydrogen-bond acceptors (Lipinski definition) is 4. The van der Waals surface area contributed by atoms with Crippen LogP contribution in [0.5, 0.6) is 0 Å². The Morgan fingerprint density at radius 1 is 0.968 bits per heavy atom. The normalized spacial score (nSPS) is 22.7. The predicted octanol–water partition coefficient (Wildman–Crippen LogP) is 4.15. The van der Waals surface area contributed by atoms with Crippen molar-refractivity contribution in [1.29, 1.82) is 0 Å². The van der Waals surface area contributed by atoms with Gasteiger partial charge in [0.05, 0.1) is 24.4 Å². The van der Waals surface area contributed by atoms with E-state index in [0.717, 1.165) is 42.9 Å². The summed E-state index contributed by atoms with van der Waals surface area (Å²) in [5, 5.41) is 0. The highest BCUT2D eigenvalue weighted by molar-refractivity contribution is 5.92. The Balaban J connectivity index is 1.44. The van der Waals surface area contributed by atoms with E-state index in [-0.39, 0.29) is 23.7 Å². The Bertz CT molecular complexity index is 1050. The monoisotopic (exact) mass is 419 g/mol. The number of nitrogens with zero attached hydrogens (tertiary/aromatic N) is 2. The Kier molecular flexibility index (Phi) is 5.08. The van der Waals surface area contributed by atoms with Gasteiger partial charge in [-0.05, 0) is 37.8 Å². The van der Waals surface area contributed by atoms with Crippen molar-refractivity contribution in [3.63, 3.8) is 0 Å². The lowest BCUT2D eigenvalue weighted by molar-refractivity contribution is -0.372. The van der Waals surface area contributed by atoms with E-state index < -0.39 is 0 Å². The van der Waals surface area contributed by atoms with Crippen LogP contribution in [0.3, 0.4) is 0 Å². The largest absolute Gasteiger partial charge is 0.418 e. The minimum Gasteiger partial charge on any atom is -0.365 e. The molecule has 31 heavy (non-hydrogen) atoms. The number of amides is 1. The smallest absolute Gasteiger partial charge is 0.365 e. The number of rotatable bonds is 2. The van der Waals surface area contributed by atoms with Gasteiger partial charge in [0.1, 0.15) is 0 Å².